The van der Waals surface area contributed by atoms with E-state index in [4.69, 9.17) is 19.4 Å². The molecule has 152 valence electrons. The summed E-state index contributed by atoms with van der Waals surface area (Å²) in [6.07, 6.45) is 3.86. The summed E-state index contributed by atoms with van der Waals surface area (Å²) < 4.78 is 16.8. The first kappa shape index (κ1) is 19.4. The molecular weight excluding hydrogens is 376 g/mol. The number of carbonyl (C=O) groups excluding carboxylic acids is 1. The Morgan fingerprint density at radius 2 is 1.97 bits per heavy atom. The van der Waals surface area contributed by atoms with Crippen LogP contribution < -0.4 is 19.4 Å². The zero-order chi connectivity index (χ0) is 20.5. The van der Waals surface area contributed by atoms with Crippen LogP contribution in [0.5, 0.6) is 17.2 Å². The molecule has 0 saturated carbocycles. The van der Waals surface area contributed by atoms with E-state index >= 15 is 0 Å². The van der Waals surface area contributed by atoms with Crippen LogP contribution in [0.4, 0.5) is 5.69 Å². The molecular formula is C21H22N2O6. The fourth-order valence-corrected chi connectivity index (χ4v) is 3.76. The molecule has 8 heteroatoms. The lowest BCUT2D eigenvalue weighted by atomic mass is 9.90. The van der Waals surface area contributed by atoms with Crippen molar-refractivity contribution < 1.29 is 29.4 Å². The number of allylic oxidation sites excluding steroid dienone is 1. The number of ether oxygens (including phenoxy) is 3. The van der Waals surface area contributed by atoms with Gasteiger partial charge in [-0.1, -0.05) is 6.08 Å². The van der Waals surface area contributed by atoms with Crippen LogP contribution in [0.1, 0.15) is 27.0 Å². The summed E-state index contributed by atoms with van der Waals surface area (Å²) in [4.78, 5) is 15.3. The lowest BCUT2D eigenvalue weighted by molar-refractivity contribution is -0.991. The van der Waals surface area contributed by atoms with E-state index < -0.39 is 5.23 Å². The molecule has 1 unspecified atom stereocenters. The van der Waals surface area contributed by atoms with Crippen LogP contribution in [0.2, 0.25) is 0 Å². The van der Waals surface area contributed by atoms with Crippen LogP contribution >= 0.6 is 0 Å². The van der Waals surface area contributed by atoms with Crippen molar-refractivity contribution in [1.29, 1.82) is 0 Å². The molecule has 1 atom stereocenters. The number of rotatable bonds is 5. The molecule has 2 aliphatic heterocycles. The number of nitrogens with zero attached hydrogens (tertiary/aromatic N) is 1. The highest BCUT2D eigenvalue weighted by Gasteiger charge is 2.34. The molecule has 0 bridgehead atoms. The Bertz CT molecular complexity index is 968. The van der Waals surface area contributed by atoms with Gasteiger partial charge in [0.25, 0.3) is 0 Å². The van der Waals surface area contributed by atoms with E-state index in [0.29, 0.717) is 35.8 Å². The maximum absolute atomic E-state index is 13.1. The number of carbonyl (C=O) groups is 1. The van der Waals surface area contributed by atoms with Crippen molar-refractivity contribution in [3.05, 3.63) is 57.8 Å². The third kappa shape index (κ3) is 3.58. The normalized spacial score (nSPS) is 16.7. The molecule has 2 N–H and O–H groups in total. The number of ketones is 1. The first-order valence-corrected chi connectivity index (χ1v) is 9.25. The van der Waals surface area contributed by atoms with Gasteiger partial charge in [0.15, 0.2) is 23.0 Å². The maximum atomic E-state index is 13.1. The maximum Gasteiger partial charge on any atom is 0.231 e. The minimum atomic E-state index is -0.987. The minimum Gasteiger partial charge on any atom is -0.595 e. The molecule has 29 heavy (non-hydrogen) atoms. The summed E-state index contributed by atoms with van der Waals surface area (Å²) in [5, 5.41) is 19.0. The highest BCUT2D eigenvalue weighted by Crippen LogP contribution is 2.49. The summed E-state index contributed by atoms with van der Waals surface area (Å²) in [5.74, 6) is 1.35. The number of hydrogen-bond acceptors (Lipinski definition) is 7. The van der Waals surface area contributed by atoms with Crippen molar-refractivity contribution in [1.82, 2.24) is 4.90 Å². The minimum absolute atomic E-state index is 0.0467. The van der Waals surface area contributed by atoms with Gasteiger partial charge in [-0.15, -0.1) is 0 Å². The monoisotopic (exact) mass is 398 g/mol. The standard InChI is InChI=1S/C21H22N2O6/c1-22-10-9-15-16(11-22)19(27-2)21-20(28-12-29-21)18(15)17(24)8-5-13-3-6-14(7-4-13)23(25)26/h3-8,23,25H,9-12H2,1-2H3. The number of fused-ring (bicyclic) bond motifs is 2. The van der Waals surface area contributed by atoms with Crippen molar-refractivity contribution in [2.75, 3.05) is 27.5 Å². The molecule has 0 fully saturated rings. The van der Waals surface area contributed by atoms with Crippen molar-refractivity contribution >= 4 is 17.5 Å². The molecule has 0 saturated heterocycles. The number of likely N-dealkylation sites (N-methyl/N-ethyl adjacent to an activating group) is 1. The number of quaternary nitrogens is 1. The summed E-state index contributed by atoms with van der Waals surface area (Å²) in [5.41, 5.74) is 3.33. The van der Waals surface area contributed by atoms with E-state index in [-0.39, 0.29) is 18.3 Å². The Hall–Kier alpha value is -2.91. The van der Waals surface area contributed by atoms with Crippen LogP contribution in [-0.2, 0) is 13.0 Å². The van der Waals surface area contributed by atoms with Gasteiger partial charge < -0.3 is 24.3 Å². The summed E-state index contributed by atoms with van der Waals surface area (Å²) >= 11 is 0. The van der Waals surface area contributed by atoms with Crippen molar-refractivity contribution in [3.63, 3.8) is 0 Å². The van der Waals surface area contributed by atoms with Crippen LogP contribution in [0.3, 0.4) is 0 Å². The Labute approximate surface area is 168 Å². The highest BCUT2D eigenvalue weighted by atomic mass is 16.8. The Kier molecular flexibility index (Phi) is 5.25. The predicted octanol–water partition coefficient (Wildman–Crippen LogP) is 1.71. The third-order valence-corrected chi connectivity index (χ3v) is 5.19. The van der Waals surface area contributed by atoms with Gasteiger partial charge in [-0.05, 0) is 42.8 Å². The molecule has 2 aromatic carbocycles. The van der Waals surface area contributed by atoms with E-state index in [1.54, 1.807) is 25.3 Å². The first-order valence-electron chi connectivity index (χ1n) is 9.25. The third-order valence-electron chi connectivity index (χ3n) is 5.19. The predicted molar refractivity (Wildman–Crippen MR) is 105 cm³/mol. The van der Waals surface area contributed by atoms with Crippen LogP contribution in [-0.4, -0.2) is 43.4 Å². The van der Waals surface area contributed by atoms with Gasteiger partial charge in [-0.3, -0.25) is 4.79 Å². The van der Waals surface area contributed by atoms with Gasteiger partial charge in [0.05, 0.1) is 12.7 Å². The quantitative estimate of drug-likeness (QED) is 0.450. The molecule has 0 amide bonds. The Morgan fingerprint density at radius 1 is 1.24 bits per heavy atom. The summed E-state index contributed by atoms with van der Waals surface area (Å²) in [6.45, 7) is 1.54. The second kappa shape index (κ2) is 7.84. The molecule has 0 aromatic heterocycles. The summed E-state index contributed by atoms with van der Waals surface area (Å²) in [6, 6.07) is 6.34. The molecule has 0 radical (unpaired) electrons. The summed E-state index contributed by atoms with van der Waals surface area (Å²) in [7, 11) is 3.61. The average Bonchev–Trinajstić information content (AvgIpc) is 3.19. The zero-order valence-corrected chi connectivity index (χ0v) is 16.2. The molecule has 0 aliphatic carbocycles. The van der Waals surface area contributed by atoms with E-state index in [2.05, 4.69) is 4.90 Å². The van der Waals surface area contributed by atoms with Crippen LogP contribution in [0, 0.1) is 5.21 Å². The van der Waals surface area contributed by atoms with Gasteiger partial charge in [0, 0.05) is 30.8 Å². The van der Waals surface area contributed by atoms with Crippen LogP contribution in [0.15, 0.2) is 30.3 Å². The second-order valence-corrected chi connectivity index (χ2v) is 7.04. The molecule has 2 aliphatic rings. The number of benzene rings is 2. The lowest BCUT2D eigenvalue weighted by Crippen LogP contribution is -2.99. The smallest absolute Gasteiger partial charge is 0.231 e. The zero-order valence-electron chi connectivity index (χ0n) is 16.2. The van der Waals surface area contributed by atoms with Gasteiger partial charge in [-0.2, -0.15) is 5.23 Å². The molecule has 2 aromatic rings. The van der Waals surface area contributed by atoms with Gasteiger partial charge in [0.1, 0.15) is 0 Å². The van der Waals surface area contributed by atoms with Crippen molar-refractivity contribution in [2.24, 2.45) is 0 Å². The van der Waals surface area contributed by atoms with Crippen molar-refractivity contribution in [2.45, 2.75) is 13.0 Å². The molecule has 0 spiro atoms. The molecule has 2 heterocycles. The fraction of sp³-hybridized carbons (Fsp3) is 0.286. The van der Waals surface area contributed by atoms with E-state index in [0.717, 1.165) is 23.2 Å². The van der Waals surface area contributed by atoms with E-state index in [9.17, 15) is 10.0 Å². The van der Waals surface area contributed by atoms with Gasteiger partial charge in [0.2, 0.25) is 12.5 Å². The SMILES string of the molecule is COc1c2c(c(C(=O)C=Cc3ccc([NH+]([O-])O)cc3)c3c1OCO3)CCN(C)C2. The van der Waals surface area contributed by atoms with Crippen molar-refractivity contribution in [3.8, 4) is 17.2 Å². The lowest BCUT2D eigenvalue weighted by Gasteiger charge is -2.28. The van der Waals surface area contributed by atoms with Gasteiger partial charge >= 0.3 is 0 Å². The Morgan fingerprint density at radius 3 is 2.66 bits per heavy atom. The second-order valence-electron chi connectivity index (χ2n) is 7.04. The van der Waals surface area contributed by atoms with E-state index in [1.165, 1.54) is 18.2 Å². The first-order chi connectivity index (χ1) is 14.0. The number of hydrogen-bond donors (Lipinski definition) is 2. The van der Waals surface area contributed by atoms with Crippen LogP contribution in [0.25, 0.3) is 6.08 Å². The largest absolute Gasteiger partial charge is 0.595 e. The topological polar surface area (TPSA) is 95.7 Å². The number of methoxy groups -OCH3 is 1. The van der Waals surface area contributed by atoms with Gasteiger partial charge in [-0.25, -0.2) is 5.21 Å². The molecule has 4 rings (SSSR count). The average molecular weight is 398 g/mol. The number of nitrogens with one attached hydrogen (secondary N) is 1. The highest BCUT2D eigenvalue weighted by molar-refractivity contribution is 6.11. The fourth-order valence-electron chi connectivity index (χ4n) is 3.76. The van der Waals surface area contributed by atoms with E-state index in [1.807, 2.05) is 7.05 Å². The molecule has 8 nitrogen and oxygen atoms in total. The Balaban J connectivity index is 1.72.